The van der Waals surface area contributed by atoms with Gasteiger partial charge in [-0.3, -0.25) is 0 Å². The minimum atomic E-state index is -0.224. The lowest BCUT2D eigenvalue weighted by Gasteiger charge is -2.23. The van der Waals surface area contributed by atoms with Crippen LogP contribution in [0.5, 0.6) is 0 Å². The third-order valence-corrected chi connectivity index (χ3v) is 3.88. The van der Waals surface area contributed by atoms with Crippen molar-refractivity contribution in [3.8, 4) is 0 Å². The third-order valence-electron chi connectivity index (χ3n) is 3.88. The van der Waals surface area contributed by atoms with Crippen molar-refractivity contribution < 1.29 is 9.47 Å². The number of benzene rings is 2. The van der Waals surface area contributed by atoms with Crippen molar-refractivity contribution in [3.05, 3.63) is 60.2 Å². The molecule has 0 saturated heterocycles. The van der Waals surface area contributed by atoms with Gasteiger partial charge in [-0.1, -0.05) is 47.7 Å². The van der Waals surface area contributed by atoms with Crippen molar-refractivity contribution in [2.75, 3.05) is 13.7 Å². The molecule has 0 spiro atoms. The molecule has 0 fully saturated rings. The summed E-state index contributed by atoms with van der Waals surface area (Å²) in [4.78, 5) is 0. The Bertz CT molecular complexity index is 742. The van der Waals surface area contributed by atoms with Crippen LogP contribution in [0.3, 0.4) is 0 Å². The van der Waals surface area contributed by atoms with Crippen molar-refractivity contribution in [1.29, 1.82) is 0 Å². The molecule has 2 aromatic carbocycles. The van der Waals surface area contributed by atoms with Gasteiger partial charge in [-0.05, 0) is 24.6 Å². The van der Waals surface area contributed by atoms with Gasteiger partial charge in [-0.25, -0.2) is 4.68 Å². The van der Waals surface area contributed by atoms with Gasteiger partial charge in [0, 0.05) is 20.1 Å². The van der Waals surface area contributed by atoms with Crippen LogP contribution < -0.4 is 0 Å². The minimum absolute atomic E-state index is 0.0595. The molecule has 2 atom stereocenters. The number of methoxy groups -OCH3 is 1. The molecule has 5 nitrogen and oxygen atoms in total. The van der Waals surface area contributed by atoms with Crippen molar-refractivity contribution in [1.82, 2.24) is 15.0 Å². The number of hydrogen-bond donors (Lipinski definition) is 0. The van der Waals surface area contributed by atoms with Gasteiger partial charge in [0.05, 0.1) is 11.6 Å². The summed E-state index contributed by atoms with van der Waals surface area (Å²) in [6, 6.07) is 18.1. The number of nitrogens with zero attached hydrogens (tertiary/aromatic N) is 3. The predicted octanol–water partition coefficient (Wildman–Crippen LogP) is 3.74. The topological polar surface area (TPSA) is 49.2 Å². The number of ether oxygens (including phenoxy) is 2. The Morgan fingerprint density at radius 3 is 2.52 bits per heavy atom. The Labute approximate surface area is 135 Å². The first-order chi connectivity index (χ1) is 11.3. The standard InChI is InChI=1S/C18H21N3O2/c1-3-23-18(13-17(22-2)14-9-5-4-6-10-14)21-16-12-8-7-11-15(16)19-20-21/h4-12,17-18H,3,13H2,1-2H3. The predicted molar refractivity (Wildman–Crippen MR) is 89.0 cm³/mol. The van der Waals surface area contributed by atoms with Gasteiger partial charge in [0.25, 0.3) is 0 Å². The zero-order valence-corrected chi connectivity index (χ0v) is 13.4. The minimum Gasteiger partial charge on any atom is -0.377 e. The third kappa shape index (κ3) is 3.41. The first kappa shape index (κ1) is 15.6. The monoisotopic (exact) mass is 311 g/mol. The van der Waals surface area contributed by atoms with Crippen molar-refractivity contribution in [3.63, 3.8) is 0 Å². The highest BCUT2D eigenvalue weighted by molar-refractivity contribution is 5.73. The summed E-state index contributed by atoms with van der Waals surface area (Å²) >= 11 is 0. The first-order valence-electron chi connectivity index (χ1n) is 7.82. The molecule has 3 rings (SSSR count). The van der Waals surface area contributed by atoms with Crippen LogP contribution in [0.4, 0.5) is 0 Å². The van der Waals surface area contributed by atoms with Crippen LogP contribution in [0, 0.1) is 0 Å². The normalized spacial score (nSPS) is 14.0. The van der Waals surface area contributed by atoms with E-state index in [1.807, 2.05) is 54.1 Å². The average Bonchev–Trinajstić information content (AvgIpc) is 3.03. The van der Waals surface area contributed by atoms with E-state index >= 15 is 0 Å². The summed E-state index contributed by atoms with van der Waals surface area (Å²) in [5.41, 5.74) is 2.96. The fourth-order valence-corrected chi connectivity index (χ4v) is 2.75. The maximum absolute atomic E-state index is 5.93. The summed E-state index contributed by atoms with van der Waals surface area (Å²) in [6.45, 7) is 2.58. The smallest absolute Gasteiger partial charge is 0.155 e. The lowest BCUT2D eigenvalue weighted by atomic mass is 10.1. The quantitative estimate of drug-likeness (QED) is 0.667. The summed E-state index contributed by atoms with van der Waals surface area (Å²) in [5, 5.41) is 8.50. The van der Waals surface area contributed by atoms with E-state index in [0.29, 0.717) is 13.0 Å². The van der Waals surface area contributed by atoms with Crippen molar-refractivity contribution >= 4 is 11.0 Å². The van der Waals surface area contributed by atoms with Gasteiger partial charge in [-0.2, -0.15) is 0 Å². The van der Waals surface area contributed by atoms with E-state index in [4.69, 9.17) is 9.47 Å². The Morgan fingerprint density at radius 2 is 1.78 bits per heavy atom. The fourth-order valence-electron chi connectivity index (χ4n) is 2.75. The molecule has 1 heterocycles. The van der Waals surface area contributed by atoms with Gasteiger partial charge in [0.2, 0.25) is 0 Å². The number of rotatable bonds is 7. The SMILES string of the molecule is CCOC(CC(OC)c1ccccc1)n1nnc2ccccc21. The van der Waals surface area contributed by atoms with Crippen LogP contribution in [-0.4, -0.2) is 28.7 Å². The second-order valence-electron chi connectivity index (χ2n) is 5.30. The van der Waals surface area contributed by atoms with Gasteiger partial charge in [-0.15, -0.1) is 5.10 Å². The van der Waals surface area contributed by atoms with E-state index in [0.717, 1.165) is 16.6 Å². The van der Waals surface area contributed by atoms with E-state index in [1.54, 1.807) is 7.11 Å². The molecule has 120 valence electrons. The number of para-hydroxylation sites is 1. The molecule has 1 aromatic heterocycles. The summed E-state index contributed by atoms with van der Waals surface area (Å²) in [6.07, 6.45) is 0.384. The Morgan fingerprint density at radius 1 is 1.04 bits per heavy atom. The molecule has 0 N–H and O–H groups in total. The van der Waals surface area contributed by atoms with Crippen LogP contribution in [-0.2, 0) is 9.47 Å². The highest BCUT2D eigenvalue weighted by Gasteiger charge is 2.22. The Balaban J connectivity index is 1.89. The van der Waals surface area contributed by atoms with Gasteiger partial charge in [0.15, 0.2) is 6.23 Å². The fraction of sp³-hybridized carbons (Fsp3) is 0.333. The summed E-state index contributed by atoms with van der Waals surface area (Å²) < 4.78 is 13.5. The van der Waals surface area contributed by atoms with E-state index in [9.17, 15) is 0 Å². The van der Waals surface area contributed by atoms with Crippen LogP contribution >= 0.6 is 0 Å². The lowest BCUT2D eigenvalue weighted by Crippen LogP contribution is -2.18. The number of aromatic nitrogens is 3. The van der Waals surface area contributed by atoms with Crippen molar-refractivity contribution in [2.24, 2.45) is 0 Å². The second-order valence-corrected chi connectivity index (χ2v) is 5.30. The second kappa shape index (κ2) is 7.35. The molecule has 23 heavy (non-hydrogen) atoms. The lowest BCUT2D eigenvalue weighted by molar-refractivity contribution is -0.0414. The van der Waals surface area contributed by atoms with Crippen molar-refractivity contribution in [2.45, 2.75) is 25.7 Å². The van der Waals surface area contributed by atoms with Gasteiger partial charge >= 0.3 is 0 Å². The maximum atomic E-state index is 5.93. The van der Waals surface area contributed by atoms with Gasteiger partial charge < -0.3 is 9.47 Å². The van der Waals surface area contributed by atoms with Crippen LogP contribution in [0.25, 0.3) is 11.0 Å². The van der Waals surface area contributed by atoms with Crippen LogP contribution in [0.2, 0.25) is 0 Å². The zero-order chi connectivity index (χ0) is 16.1. The molecular formula is C18H21N3O2. The molecule has 0 amide bonds. The van der Waals surface area contributed by atoms with Gasteiger partial charge in [0.1, 0.15) is 5.52 Å². The molecule has 0 radical (unpaired) electrons. The average molecular weight is 311 g/mol. The molecule has 0 bridgehead atoms. The first-order valence-corrected chi connectivity index (χ1v) is 7.82. The molecular weight excluding hydrogens is 290 g/mol. The highest BCUT2D eigenvalue weighted by Crippen LogP contribution is 2.29. The van der Waals surface area contributed by atoms with E-state index in [1.165, 1.54) is 0 Å². The maximum Gasteiger partial charge on any atom is 0.155 e. The molecule has 0 aliphatic heterocycles. The summed E-state index contributed by atoms with van der Waals surface area (Å²) in [5.74, 6) is 0. The molecule has 0 aliphatic rings. The largest absolute Gasteiger partial charge is 0.377 e. The van der Waals surface area contributed by atoms with Crippen LogP contribution in [0.1, 0.15) is 31.2 Å². The Kier molecular flexibility index (Phi) is 5.00. The van der Waals surface area contributed by atoms with E-state index in [-0.39, 0.29) is 12.3 Å². The highest BCUT2D eigenvalue weighted by atomic mass is 16.5. The molecule has 2 unspecified atom stereocenters. The Hall–Kier alpha value is -2.24. The molecule has 5 heteroatoms. The summed E-state index contributed by atoms with van der Waals surface area (Å²) in [7, 11) is 1.72. The molecule has 3 aromatic rings. The van der Waals surface area contributed by atoms with E-state index < -0.39 is 0 Å². The number of hydrogen-bond acceptors (Lipinski definition) is 4. The molecule has 0 saturated carbocycles. The zero-order valence-electron chi connectivity index (χ0n) is 13.4. The number of fused-ring (bicyclic) bond motifs is 1. The molecule has 0 aliphatic carbocycles. The van der Waals surface area contributed by atoms with E-state index in [2.05, 4.69) is 22.4 Å². The van der Waals surface area contributed by atoms with Crippen LogP contribution in [0.15, 0.2) is 54.6 Å².